The number of carbonyl (C=O) groups is 1. The largest absolute Gasteiger partial charge is 0.333 e. The molecule has 1 aromatic heterocycles. The molecule has 7 nitrogen and oxygen atoms in total. The van der Waals surface area contributed by atoms with Gasteiger partial charge in [-0.1, -0.05) is 31.5 Å². The number of aryl methyl sites for hydroxylation is 3. The van der Waals surface area contributed by atoms with Crippen molar-refractivity contribution in [2.24, 2.45) is 24.2 Å². The third-order valence-corrected chi connectivity index (χ3v) is 3.44. The average Bonchev–Trinajstić information content (AvgIpc) is 2.97. The summed E-state index contributed by atoms with van der Waals surface area (Å²) in [4.78, 5) is 12.3. The minimum absolute atomic E-state index is 0.00259. The van der Waals surface area contributed by atoms with E-state index in [1.165, 1.54) is 28.2 Å². The SMILES string of the molecule is CCCCc1ccccc1NC(=O)c1c(C)nn(C)c1F.CN.CN.CN. The first kappa shape index (κ1) is 26.9. The number of anilines is 1. The lowest BCUT2D eigenvalue weighted by Crippen LogP contribution is -2.15. The zero-order valence-electron chi connectivity index (χ0n) is 17.3. The second-order valence-electron chi connectivity index (χ2n) is 5.09. The Hall–Kier alpha value is -2.29. The van der Waals surface area contributed by atoms with Crippen molar-refractivity contribution in [3.05, 3.63) is 47.0 Å². The zero-order valence-corrected chi connectivity index (χ0v) is 17.3. The van der Waals surface area contributed by atoms with E-state index in [4.69, 9.17) is 0 Å². The first-order valence-electron chi connectivity index (χ1n) is 8.86. The third kappa shape index (κ3) is 8.29. The van der Waals surface area contributed by atoms with Crippen molar-refractivity contribution in [2.45, 2.75) is 33.1 Å². The number of amides is 1. The lowest BCUT2D eigenvalue weighted by molar-refractivity contribution is 0.102. The summed E-state index contributed by atoms with van der Waals surface area (Å²) in [5, 5.41) is 6.72. The lowest BCUT2D eigenvalue weighted by Gasteiger charge is -2.10. The molecule has 2 rings (SSSR count). The molecule has 0 aliphatic heterocycles. The van der Waals surface area contributed by atoms with Gasteiger partial charge in [0.05, 0.1) is 5.69 Å². The maximum absolute atomic E-state index is 13.9. The number of nitrogens with zero attached hydrogens (tertiary/aromatic N) is 2. The van der Waals surface area contributed by atoms with Crippen LogP contribution in [0, 0.1) is 12.9 Å². The maximum Gasteiger partial charge on any atom is 0.262 e. The average molecular weight is 383 g/mol. The minimum atomic E-state index is -0.615. The van der Waals surface area contributed by atoms with E-state index < -0.39 is 11.9 Å². The number of nitrogens with one attached hydrogen (secondary N) is 1. The van der Waals surface area contributed by atoms with Crippen LogP contribution in [-0.2, 0) is 13.5 Å². The van der Waals surface area contributed by atoms with Gasteiger partial charge in [0.1, 0.15) is 5.56 Å². The fourth-order valence-electron chi connectivity index (χ4n) is 2.30. The summed E-state index contributed by atoms with van der Waals surface area (Å²) in [7, 11) is 5.98. The summed E-state index contributed by atoms with van der Waals surface area (Å²) in [5.41, 5.74) is 15.7. The van der Waals surface area contributed by atoms with Gasteiger partial charge in [0, 0.05) is 12.7 Å². The highest BCUT2D eigenvalue weighted by Crippen LogP contribution is 2.20. The van der Waals surface area contributed by atoms with Gasteiger partial charge in [-0.2, -0.15) is 9.49 Å². The molecular formula is C19H35FN6O. The number of aromatic nitrogens is 2. The van der Waals surface area contributed by atoms with E-state index in [1.54, 1.807) is 6.92 Å². The summed E-state index contributed by atoms with van der Waals surface area (Å²) in [6.07, 6.45) is 3.02. The zero-order chi connectivity index (χ0) is 21.4. The van der Waals surface area contributed by atoms with Crippen molar-refractivity contribution in [3.8, 4) is 0 Å². The number of benzene rings is 1. The normalized spacial score (nSPS) is 8.96. The Morgan fingerprint density at radius 2 is 1.70 bits per heavy atom. The fourth-order valence-corrected chi connectivity index (χ4v) is 2.30. The van der Waals surface area contributed by atoms with Gasteiger partial charge in [-0.15, -0.1) is 0 Å². The predicted octanol–water partition coefficient (Wildman–Crippen LogP) is 2.19. The van der Waals surface area contributed by atoms with Crippen molar-refractivity contribution >= 4 is 11.6 Å². The van der Waals surface area contributed by atoms with Crippen LogP contribution >= 0.6 is 0 Å². The number of unbranched alkanes of at least 4 members (excludes halogenated alkanes) is 1. The van der Waals surface area contributed by atoms with Gasteiger partial charge in [-0.3, -0.25) is 4.79 Å². The van der Waals surface area contributed by atoms with E-state index in [9.17, 15) is 9.18 Å². The van der Waals surface area contributed by atoms with E-state index >= 15 is 0 Å². The highest BCUT2D eigenvalue weighted by Gasteiger charge is 2.21. The van der Waals surface area contributed by atoms with E-state index in [2.05, 4.69) is 34.5 Å². The number of rotatable bonds is 5. The van der Waals surface area contributed by atoms with Crippen LogP contribution in [0.2, 0.25) is 0 Å². The molecule has 0 unspecified atom stereocenters. The lowest BCUT2D eigenvalue weighted by atomic mass is 10.1. The topological polar surface area (TPSA) is 125 Å². The van der Waals surface area contributed by atoms with Gasteiger partial charge >= 0.3 is 0 Å². The van der Waals surface area contributed by atoms with Crippen molar-refractivity contribution in [2.75, 3.05) is 26.5 Å². The summed E-state index contributed by atoms with van der Waals surface area (Å²) < 4.78 is 15.0. The molecule has 8 heteroatoms. The summed E-state index contributed by atoms with van der Waals surface area (Å²) in [5.74, 6) is -1.07. The Kier molecular flexibility index (Phi) is 15.9. The Morgan fingerprint density at radius 3 is 2.19 bits per heavy atom. The number of hydrogen-bond donors (Lipinski definition) is 4. The smallest absolute Gasteiger partial charge is 0.262 e. The van der Waals surface area contributed by atoms with Gasteiger partial charge in [0.15, 0.2) is 0 Å². The molecule has 0 saturated heterocycles. The second kappa shape index (κ2) is 15.9. The Labute approximate surface area is 162 Å². The molecule has 1 amide bonds. The number of hydrogen-bond acceptors (Lipinski definition) is 5. The number of nitrogens with two attached hydrogens (primary N) is 3. The molecule has 154 valence electrons. The second-order valence-corrected chi connectivity index (χ2v) is 5.09. The fraction of sp³-hybridized carbons (Fsp3) is 0.474. The van der Waals surface area contributed by atoms with E-state index in [0.717, 1.165) is 35.2 Å². The summed E-state index contributed by atoms with van der Waals surface area (Å²) in [6, 6.07) is 7.62. The molecule has 0 saturated carbocycles. The molecule has 0 atom stereocenters. The molecule has 0 bridgehead atoms. The monoisotopic (exact) mass is 382 g/mol. The van der Waals surface area contributed by atoms with Crippen LogP contribution in [0.25, 0.3) is 0 Å². The first-order chi connectivity index (χ1) is 13.0. The molecule has 0 spiro atoms. The van der Waals surface area contributed by atoms with Crippen LogP contribution in [0.15, 0.2) is 24.3 Å². The Bertz CT molecular complexity index is 658. The van der Waals surface area contributed by atoms with Crippen molar-refractivity contribution < 1.29 is 9.18 Å². The molecule has 1 aromatic carbocycles. The Morgan fingerprint density at radius 1 is 1.15 bits per heavy atom. The van der Waals surface area contributed by atoms with Crippen molar-refractivity contribution in [1.82, 2.24) is 9.78 Å². The minimum Gasteiger partial charge on any atom is -0.333 e. The quantitative estimate of drug-likeness (QED) is 0.631. The number of carbonyl (C=O) groups excluding carboxylic acids is 1. The molecule has 0 radical (unpaired) electrons. The standard InChI is InChI=1S/C16H20FN3O.3CH5N/c1-4-5-8-12-9-6-7-10-13(12)18-16(21)14-11(2)19-20(3)15(14)17;3*1-2/h6-7,9-10H,4-5,8H2,1-3H3,(H,18,21);3*2H2,1H3. The van der Waals surface area contributed by atoms with Crippen LogP contribution < -0.4 is 22.5 Å². The number of halogens is 1. The maximum atomic E-state index is 13.9. The molecule has 27 heavy (non-hydrogen) atoms. The van der Waals surface area contributed by atoms with Crippen molar-refractivity contribution in [1.29, 1.82) is 0 Å². The van der Waals surface area contributed by atoms with Gasteiger partial charge in [0.2, 0.25) is 5.95 Å². The van der Waals surface area contributed by atoms with Gasteiger partial charge in [-0.25, -0.2) is 4.68 Å². The highest BCUT2D eigenvalue weighted by atomic mass is 19.1. The molecule has 0 aliphatic carbocycles. The van der Waals surface area contributed by atoms with E-state index in [0.29, 0.717) is 5.69 Å². The van der Waals surface area contributed by atoms with Crippen LogP contribution in [0.3, 0.4) is 0 Å². The predicted molar refractivity (Wildman–Crippen MR) is 111 cm³/mol. The molecule has 1 heterocycles. The van der Waals surface area contributed by atoms with Crippen LogP contribution in [-0.4, -0.2) is 36.8 Å². The molecular weight excluding hydrogens is 347 g/mol. The summed E-state index contributed by atoms with van der Waals surface area (Å²) >= 11 is 0. The Balaban J connectivity index is 0. The molecule has 0 aliphatic rings. The summed E-state index contributed by atoms with van der Waals surface area (Å²) in [6.45, 7) is 3.75. The van der Waals surface area contributed by atoms with Crippen LogP contribution in [0.1, 0.15) is 41.4 Å². The third-order valence-electron chi connectivity index (χ3n) is 3.44. The van der Waals surface area contributed by atoms with Crippen molar-refractivity contribution in [3.63, 3.8) is 0 Å². The highest BCUT2D eigenvalue weighted by molar-refractivity contribution is 6.05. The number of para-hydroxylation sites is 1. The van der Waals surface area contributed by atoms with E-state index in [-0.39, 0.29) is 5.56 Å². The molecule has 7 N–H and O–H groups in total. The first-order valence-corrected chi connectivity index (χ1v) is 8.86. The van der Waals surface area contributed by atoms with Gasteiger partial charge in [-0.05, 0) is 52.5 Å². The molecule has 0 fully saturated rings. The van der Waals surface area contributed by atoms with Gasteiger partial charge < -0.3 is 22.5 Å². The van der Waals surface area contributed by atoms with Crippen LogP contribution in [0.4, 0.5) is 10.1 Å². The van der Waals surface area contributed by atoms with E-state index in [1.807, 2.05) is 24.3 Å². The molecule has 2 aromatic rings. The van der Waals surface area contributed by atoms with Crippen LogP contribution in [0.5, 0.6) is 0 Å². The van der Waals surface area contributed by atoms with Gasteiger partial charge in [0.25, 0.3) is 5.91 Å².